The summed E-state index contributed by atoms with van der Waals surface area (Å²) in [6.45, 7) is 10.9. The number of rotatable bonds is 6. The highest BCUT2D eigenvalue weighted by Gasteiger charge is 2.21. The smallest absolute Gasteiger partial charge is 0.236 e. The number of carbonyl (C=O) groups is 1. The second-order valence-electron chi connectivity index (χ2n) is 4.29. The van der Waals surface area contributed by atoms with Gasteiger partial charge in [-0.1, -0.05) is 23.9 Å². The number of nitrogens with zero attached hydrogens (tertiary/aromatic N) is 4. The molecule has 1 rings (SSSR count). The Hall–Kier alpha value is -1.30. The zero-order chi connectivity index (χ0) is 13.7. The van der Waals surface area contributed by atoms with Crippen molar-refractivity contribution < 1.29 is 4.79 Å². The van der Waals surface area contributed by atoms with Crippen LogP contribution in [0.1, 0.15) is 20.8 Å². The molecule has 5 nitrogen and oxygen atoms in total. The summed E-state index contributed by atoms with van der Waals surface area (Å²) in [5, 5.41) is 8.35. The SMILES string of the molecule is C=C(C)CN(CC)C(=O)C(C)Sc1nncn1C. The molecule has 0 aliphatic heterocycles. The fourth-order valence-electron chi connectivity index (χ4n) is 1.52. The van der Waals surface area contributed by atoms with Crippen molar-refractivity contribution in [3.63, 3.8) is 0 Å². The van der Waals surface area contributed by atoms with Crippen LogP contribution >= 0.6 is 11.8 Å². The van der Waals surface area contributed by atoms with Crippen molar-refractivity contribution in [2.45, 2.75) is 31.2 Å². The molecule has 0 fully saturated rings. The van der Waals surface area contributed by atoms with Gasteiger partial charge in [0.05, 0.1) is 5.25 Å². The summed E-state index contributed by atoms with van der Waals surface area (Å²) in [4.78, 5) is 14.1. The lowest BCUT2D eigenvalue weighted by Crippen LogP contribution is -2.37. The van der Waals surface area contributed by atoms with Crippen LogP contribution in [0.15, 0.2) is 23.6 Å². The number of hydrogen-bond donors (Lipinski definition) is 0. The molecule has 0 aliphatic carbocycles. The first kappa shape index (κ1) is 14.8. The summed E-state index contributed by atoms with van der Waals surface area (Å²) in [6.07, 6.45) is 1.63. The van der Waals surface area contributed by atoms with Crippen molar-refractivity contribution in [3.8, 4) is 0 Å². The molecule has 1 unspecified atom stereocenters. The minimum atomic E-state index is -0.174. The third-order valence-corrected chi connectivity index (χ3v) is 3.59. The quantitative estimate of drug-likeness (QED) is 0.582. The van der Waals surface area contributed by atoms with Gasteiger partial charge in [-0.25, -0.2) is 0 Å². The van der Waals surface area contributed by atoms with E-state index >= 15 is 0 Å². The van der Waals surface area contributed by atoms with Gasteiger partial charge in [-0.15, -0.1) is 10.2 Å². The van der Waals surface area contributed by atoms with Crippen molar-refractivity contribution in [1.29, 1.82) is 0 Å². The molecule has 0 bridgehead atoms. The molecule has 1 amide bonds. The Morgan fingerprint density at radius 1 is 1.67 bits per heavy atom. The van der Waals surface area contributed by atoms with Crippen molar-refractivity contribution in [2.24, 2.45) is 7.05 Å². The summed E-state index contributed by atoms with van der Waals surface area (Å²) >= 11 is 1.42. The number of aromatic nitrogens is 3. The van der Waals surface area contributed by atoms with Crippen molar-refractivity contribution >= 4 is 17.7 Å². The summed E-state index contributed by atoms with van der Waals surface area (Å²) in [6, 6.07) is 0. The maximum atomic E-state index is 12.3. The molecule has 6 heteroatoms. The largest absolute Gasteiger partial charge is 0.338 e. The Balaban J connectivity index is 2.65. The van der Waals surface area contributed by atoms with Gasteiger partial charge in [-0.05, 0) is 20.8 Å². The van der Waals surface area contributed by atoms with Crippen LogP contribution in [0.25, 0.3) is 0 Å². The first-order valence-electron chi connectivity index (χ1n) is 5.89. The van der Waals surface area contributed by atoms with Crippen molar-refractivity contribution in [3.05, 3.63) is 18.5 Å². The number of likely N-dealkylation sites (N-methyl/N-ethyl adjacent to an activating group) is 1. The average molecular weight is 268 g/mol. The van der Waals surface area contributed by atoms with Gasteiger partial charge in [0.15, 0.2) is 5.16 Å². The van der Waals surface area contributed by atoms with E-state index in [0.29, 0.717) is 13.1 Å². The molecule has 0 saturated heterocycles. The Morgan fingerprint density at radius 2 is 2.33 bits per heavy atom. The van der Waals surface area contributed by atoms with Gasteiger partial charge in [0.25, 0.3) is 0 Å². The van der Waals surface area contributed by atoms with Crippen LogP contribution in [0.5, 0.6) is 0 Å². The maximum Gasteiger partial charge on any atom is 0.236 e. The first-order valence-corrected chi connectivity index (χ1v) is 6.77. The first-order chi connectivity index (χ1) is 8.45. The molecule has 18 heavy (non-hydrogen) atoms. The van der Waals surface area contributed by atoms with E-state index in [1.54, 1.807) is 11.2 Å². The van der Waals surface area contributed by atoms with Crippen LogP contribution in [0.2, 0.25) is 0 Å². The maximum absolute atomic E-state index is 12.3. The molecule has 100 valence electrons. The number of aryl methyl sites for hydroxylation is 1. The van der Waals surface area contributed by atoms with Crippen LogP contribution in [0, 0.1) is 0 Å². The van der Waals surface area contributed by atoms with Crippen LogP contribution in [0.3, 0.4) is 0 Å². The monoisotopic (exact) mass is 268 g/mol. The van der Waals surface area contributed by atoms with Gasteiger partial charge < -0.3 is 9.47 Å². The predicted octanol–water partition coefficient (Wildman–Crippen LogP) is 1.72. The lowest BCUT2D eigenvalue weighted by molar-refractivity contribution is -0.129. The van der Waals surface area contributed by atoms with E-state index in [1.165, 1.54) is 11.8 Å². The normalized spacial score (nSPS) is 12.2. The highest BCUT2D eigenvalue weighted by atomic mass is 32.2. The van der Waals surface area contributed by atoms with Gasteiger partial charge in [0.1, 0.15) is 6.33 Å². The average Bonchev–Trinajstić information content (AvgIpc) is 2.70. The standard InChI is InChI=1S/C12H20N4OS/c1-6-16(7-9(2)3)11(17)10(4)18-12-14-13-8-15(12)5/h8,10H,2,6-7H2,1,3-5H3. The van der Waals surface area contributed by atoms with Crippen LogP contribution in [-0.4, -0.2) is 43.9 Å². The molecule has 1 aromatic heterocycles. The molecule has 1 atom stereocenters. The fraction of sp³-hybridized carbons (Fsp3) is 0.583. The van der Waals surface area contributed by atoms with Gasteiger partial charge in [0, 0.05) is 20.1 Å². The van der Waals surface area contributed by atoms with Gasteiger partial charge in [-0.2, -0.15) is 0 Å². The van der Waals surface area contributed by atoms with E-state index in [4.69, 9.17) is 0 Å². The molecule has 0 N–H and O–H groups in total. The van der Waals surface area contributed by atoms with E-state index in [-0.39, 0.29) is 11.2 Å². The van der Waals surface area contributed by atoms with E-state index in [2.05, 4.69) is 16.8 Å². The lowest BCUT2D eigenvalue weighted by atomic mass is 10.3. The van der Waals surface area contributed by atoms with E-state index in [9.17, 15) is 4.79 Å². The minimum Gasteiger partial charge on any atom is -0.338 e. The molecular formula is C12H20N4OS. The Kier molecular flexibility index (Phi) is 5.40. The highest BCUT2D eigenvalue weighted by Crippen LogP contribution is 2.21. The highest BCUT2D eigenvalue weighted by molar-refractivity contribution is 8.00. The summed E-state index contributed by atoms with van der Waals surface area (Å²) in [5.41, 5.74) is 0.987. The minimum absolute atomic E-state index is 0.105. The number of hydrogen-bond acceptors (Lipinski definition) is 4. The molecule has 0 radical (unpaired) electrons. The zero-order valence-electron chi connectivity index (χ0n) is 11.4. The van der Waals surface area contributed by atoms with E-state index < -0.39 is 0 Å². The number of amides is 1. The van der Waals surface area contributed by atoms with Crippen LogP contribution in [0.4, 0.5) is 0 Å². The Labute approximate surface area is 112 Å². The van der Waals surface area contributed by atoms with Crippen LogP contribution < -0.4 is 0 Å². The van der Waals surface area contributed by atoms with Gasteiger partial charge >= 0.3 is 0 Å². The number of thioether (sulfide) groups is 1. The van der Waals surface area contributed by atoms with Crippen LogP contribution in [-0.2, 0) is 11.8 Å². The summed E-state index contributed by atoms with van der Waals surface area (Å²) in [5.74, 6) is 0.105. The molecule has 0 saturated carbocycles. The van der Waals surface area contributed by atoms with Gasteiger partial charge in [-0.3, -0.25) is 4.79 Å². The number of carbonyl (C=O) groups excluding carboxylic acids is 1. The molecule has 1 heterocycles. The lowest BCUT2D eigenvalue weighted by Gasteiger charge is -2.24. The molecule has 0 aromatic carbocycles. The Morgan fingerprint density at radius 3 is 2.78 bits per heavy atom. The van der Waals surface area contributed by atoms with E-state index in [1.807, 2.05) is 32.4 Å². The summed E-state index contributed by atoms with van der Waals surface area (Å²) in [7, 11) is 1.87. The van der Waals surface area contributed by atoms with Crippen molar-refractivity contribution in [2.75, 3.05) is 13.1 Å². The molecule has 0 aliphatic rings. The third kappa shape index (κ3) is 3.87. The predicted molar refractivity (Wildman–Crippen MR) is 73.4 cm³/mol. The topological polar surface area (TPSA) is 51.0 Å². The van der Waals surface area contributed by atoms with Gasteiger partial charge in [0.2, 0.25) is 5.91 Å². The molecular weight excluding hydrogens is 248 g/mol. The van der Waals surface area contributed by atoms with Crippen molar-refractivity contribution in [1.82, 2.24) is 19.7 Å². The third-order valence-electron chi connectivity index (χ3n) is 2.45. The molecule has 0 spiro atoms. The molecule has 1 aromatic rings. The Bertz CT molecular complexity index is 429. The van der Waals surface area contributed by atoms with E-state index in [0.717, 1.165) is 10.7 Å². The second kappa shape index (κ2) is 6.58. The fourth-order valence-corrected chi connectivity index (χ4v) is 2.39. The zero-order valence-corrected chi connectivity index (χ0v) is 12.2. The second-order valence-corrected chi connectivity index (χ2v) is 5.60. The summed E-state index contributed by atoms with van der Waals surface area (Å²) < 4.78 is 1.81.